The Labute approximate surface area is 313 Å². The average molecular weight is 803 g/mol. The Morgan fingerprint density at radius 2 is 0.764 bits per heavy atom. The zero-order valence-corrected chi connectivity index (χ0v) is 30.3. The fourth-order valence-electron chi connectivity index (χ4n) is 5.72. The highest BCUT2D eigenvalue weighted by molar-refractivity contribution is 7.91. The van der Waals surface area contributed by atoms with Crippen LogP contribution in [0.1, 0.15) is 0 Å². The monoisotopic (exact) mass is 802 g/mol. The minimum absolute atomic E-state index is 0.0661. The molecule has 0 atom stereocenters. The molecular formula is C36H26N4O12S3. The summed E-state index contributed by atoms with van der Waals surface area (Å²) in [4.78, 5) is 23.8. The van der Waals surface area contributed by atoms with Gasteiger partial charge in [-0.25, -0.2) is 8.42 Å². The van der Waals surface area contributed by atoms with E-state index in [4.69, 9.17) is 0 Å². The van der Waals surface area contributed by atoms with E-state index in [0.717, 1.165) is 60.7 Å². The molecule has 0 aliphatic rings. The maximum atomic E-state index is 14.1. The zero-order chi connectivity index (χ0) is 39.7. The highest BCUT2D eigenvalue weighted by Gasteiger charge is 2.31. The second kappa shape index (κ2) is 14.7. The molecule has 0 amide bonds. The Hall–Kier alpha value is -6.51. The van der Waals surface area contributed by atoms with Gasteiger partial charge in [0, 0.05) is 34.9 Å². The van der Waals surface area contributed by atoms with Crippen LogP contribution in [0.3, 0.4) is 0 Å². The van der Waals surface area contributed by atoms with Crippen LogP contribution in [0.2, 0.25) is 0 Å². The van der Waals surface area contributed by atoms with E-state index < -0.39 is 70.9 Å². The van der Waals surface area contributed by atoms with Crippen molar-refractivity contribution < 1.29 is 44.2 Å². The summed E-state index contributed by atoms with van der Waals surface area (Å²) in [6.07, 6.45) is 0. The number of rotatable bonds is 12. The van der Waals surface area contributed by atoms with Crippen LogP contribution in [0, 0.1) is 20.2 Å². The van der Waals surface area contributed by atoms with Crippen LogP contribution < -0.4 is 9.80 Å². The van der Waals surface area contributed by atoms with E-state index in [1.54, 1.807) is 60.7 Å². The molecule has 0 saturated carbocycles. The van der Waals surface area contributed by atoms with E-state index in [9.17, 15) is 54.6 Å². The summed E-state index contributed by atoms with van der Waals surface area (Å²) < 4.78 is 95.3. The lowest BCUT2D eigenvalue weighted by molar-refractivity contribution is -0.384. The van der Waals surface area contributed by atoms with Gasteiger partial charge in [0.05, 0.1) is 29.4 Å². The van der Waals surface area contributed by atoms with Crippen LogP contribution >= 0.6 is 0 Å². The van der Waals surface area contributed by atoms with E-state index in [1.807, 2.05) is 0 Å². The van der Waals surface area contributed by atoms with Crippen molar-refractivity contribution in [3.63, 3.8) is 0 Å². The van der Waals surface area contributed by atoms with Gasteiger partial charge >= 0.3 is 0 Å². The molecule has 0 aromatic heterocycles. The number of sulfone groups is 1. The Balaban J connectivity index is 1.49. The van der Waals surface area contributed by atoms with Crippen molar-refractivity contribution in [2.24, 2.45) is 0 Å². The molecular weight excluding hydrogens is 777 g/mol. The second-order valence-electron chi connectivity index (χ2n) is 11.6. The molecule has 0 saturated heterocycles. The molecule has 2 N–H and O–H groups in total. The van der Waals surface area contributed by atoms with Crippen LogP contribution in [0.4, 0.5) is 45.5 Å². The number of nitro benzene ring substituents is 2. The SMILES string of the molecule is O=[N+]([O-])c1cc(S(=O)(=O)c2ccc(N(c3ccccc3)c3cccc(S(=O)(=O)O)c3)c([N+](=O)[O-])c2)ccc1N(c1ccccc1)c1cccc(S(=O)(=O)O)c1. The van der Waals surface area contributed by atoms with Gasteiger partial charge in [-0.1, -0.05) is 48.5 Å². The lowest BCUT2D eigenvalue weighted by Gasteiger charge is -2.26. The molecule has 280 valence electrons. The molecule has 0 unspecified atom stereocenters. The van der Waals surface area contributed by atoms with Gasteiger partial charge in [-0.2, -0.15) is 16.8 Å². The first-order chi connectivity index (χ1) is 26.0. The molecule has 55 heavy (non-hydrogen) atoms. The fraction of sp³-hybridized carbons (Fsp3) is 0. The second-order valence-corrected chi connectivity index (χ2v) is 16.4. The molecule has 0 bridgehead atoms. The van der Waals surface area contributed by atoms with Crippen LogP contribution in [0.5, 0.6) is 0 Å². The topological polar surface area (TPSA) is 236 Å². The Morgan fingerprint density at radius 1 is 0.418 bits per heavy atom. The first-order valence-corrected chi connectivity index (χ1v) is 20.0. The molecule has 6 aromatic rings. The number of hydrogen-bond acceptors (Lipinski definition) is 12. The molecule has 0 aliphatic heterocycles. The third-order valence-electron chi connectivity index (χ3n) is 8.17. The van der Waals surface area contributed by atoms with Gasteiger partial charge in [0.1, 0.15) is 11.4 Å². The minimum atomic E-state index is -4.72. The zero-order valence-electron chi connectivity index (χ0n) is 27.8. The van der Waals surface area contributed by atoms with Gasteiger partial charge in [0.15, 0.2) is 0 Å². The van der Waals surface area contributed by atoms with Crippen molar-refractivity contribution >= 4 is 75.6 Å². The lowest BCUT2D eigenvalue weighted by atomic mass is 10.1. The molecule has 6 rings (SSSR count). The first kappa shape index (κ1) is 38.2. The molecule has 6 aromatic carbocycles. The smallest absolute Gasteiger partial charge is 0.294 e. The predicted octanol–water partition coefficient (Wildman–Crippen LogP) is 7.77. The van der Waals surface area contributed by atoms with E-state index >= 15 is 0 Å². The summed E-state index contributed by atoms with van der Waals surface area (Å²) in [6, 6.07) is 31.8. The highest BCUT2D eigenvalue weighted by atomic mass is 32.2. The molecule has 0 heterocycles. The maximum Gasteiger partial charge on any atom is 0.294 e. The Bertz CT molecular complexity index is 2620. The third kappa shape index (κ3) is 7.91. The van der Waals surface area contributed by atoms with Gasteiger partial charge in [-0.05, 0) is 84.9 Å². The molecule has 0 fully saturated rings. The van der Waals surface area contributed by atoms with Crippen molar-refractivity contribution in [2.75, 3.05) is 9.80 Å². The summed E-state index contributed by atoms with van der Waals surface area (Å²) in [7, 11) is -14.1. The van der Waals surface area contributed by atoms with Gasteiger partial charge in [0.2, 0.25) is 9.84 Å². The minimum Gasteiger partial charge on any atom is -0.304 e. The molecule has 0 aliphatic carbocycles. The highest BCUT2D eigenvalue weighted by Crippen LogP contribution is 2.44. The average Bonchev–Trinajstić information content (AvgIpc) is 3.15. The van der Waals surface area contributed by atoms with Crippen LogP contribution in [-0.2, 0) is 30.1 Å². The van der Waals surface area contributed by atoms with Crippen molar-refractivity contribution in [2.45, 2.75) is 19.6 Å². The van der Waals surface area contributed by atoms with Crippen molar-refractivity contribution in [3.05, 3.63) is 166 Å². The standard InChI is InChI=1S/C36H26N4O12S3/c41-39(42)35-23-29(17-19-33(35)37(25-9-3-1-4-10-25)27-13-7-15-31(21-27)54(47,48)49)53(45,46)30-18-20-34(36(24-30)40(43)44)38(26-11-5-2-6-12-26)28-14-8-16-32(22-28)55(50,51)52/h1-24H,(H,47,48,49)(H,50,51,52). The van der Waals surface area contributed by atoms with Crippen LogP contribution in [0.15, 0.2) is 165 Å². The summed E-state index contributed by atoms with van der Waals surface area (Å²) in [5.41, 5.74) is -1.09. The van der Waals surface area contributed by atoms with E-state index in [1.165, 1.54) is 34.1 Å². The number of nitrogens with zero attached hydrogens (tertiary/aromatic N) is 4. The molecule has 19 heteroatoms. The predicted molar refractivity (Wildman–Crippen MR) is 201 cm³/mol. The summed E-state index contributed by atoms with van der Waals surface area (Å²) in [5, 5.41) is 25.1. The van der Waals surface area contributed by atoms with Gasteiger partial charge in [-0.3, -0.25) is 29.3 Å². The van der Waals surface area contributed by atoms with Crippen LogP contribution in [0.25, 0.3) is 0 Å². The van der Waals surface area contributed by atoms with Gasteiger partial charge < -0.3 is 9.80 Å². The summed E-state index contributed by atoms with van der Waals surface area (Å²) >= 11 is 0. The van der Waals surface area contributed by atoms with Crippen molar-refractivity contribution in [3.8, 4) is 0 Å². The lowest BCUT2D eigenvalue weighted by Crippen LogP contribution is -2.14. The van der Waals surface area contributed by atoms with E-state index in [-0.39, 0.29) is 22.7 Å². The number of nitro groups is 2. The van der Waals surface area contributed by atoms with E-state index in [2.05, 4.69) is 0 Å². The quantitative estimate of drug-likeness (QED) is 0.0683. The normalized spacial score (nSPS) is 11.8. The Kier molecular flexibility index (Phi) is 10.2. The van der Waals surface area contributed by atoms with Gasteiger partial charge in [0.25, 0.3) is 31.6 Å². The van der Waals surface area contributed by atoms with Crippen molar-refractivity contribution in [1.82, 2.24) is 0 Å². The molecule has 0 spiro atoms. The summed E-state index contributed by atoms with van der Waals surface area (Å²) in [5.74, 6) is 0. The number of anilines is 6. The van der Waals surface area contributed by atoms with Crippen molar-refractivity contribution in [1.29, 1.82) is 0 Å². The fourth-order valence-corrected chi connectivity index (χ4v) is 8.06. The summed E-state index contributed by atoms with van der Waals surface area (Å²) in [6.45, 7) is 0. The van der Waals surface area contributed by atoms with Crippen LogP contribution in [-0.4, -0.2) is 44.2 Å². The third-order valence-corrected chi connectivity index (χ3v) is 11.6. The molecule has 0 radical (unpaired) electrons. The number of hydrogen-bond donors (Lipinski definition) is 2. The van der Waals surface area contributed by atoms with Gasteiger partial charge in [-0.15, -0.1) is 0 Å². The molecule has 16 nitrogen and oxygen atoms in total. The number of para-hydroxylation sites is 2. The maximum absolute atomic E-state index is 14.1. The Morgan fingerprint density at radius 3 is 1.09 bits per heavy atom. The number of benzene rings is 6. The van der Waals surface area contributed by atoms with E-state index in [0.29, 0.717) is 11.4 Å². The first-order valence-electron chi connectivity index (χ1n) is 15.6. The largest absolute Gasteiger partial charge is 0.304 e.